The zero-order chi connectivity index (χ0) is 69.9. The summed E-state index contributed by atoms with van der Waals surface area (Å²) < 4.78 is 34.2. The van der Waals surface area contributed by atoms with Gasteiger partial charge in [0.15, 0.2) is 0 Å². The van der Waals surface area contributed by atoms with Crippen LogP contribution < -0.4 is 41.7 Å². The topological polar surface area (TPSA) is 248 Å². The minimum absolute atomic E-state index is 0. The van der Waals surface area contributed by atoms with Crippen LogP contribution in [0.25, 0.3) is 22.7 Å². The molecule has 0 saturated heterocycles. The van der Waals surface area contributed by atoms with Crippen molar-refractivity contribution in [2.24, 2.45) is 28.2 Å². The minimum atomic E-state index is -0.293. The Morgan fingerprint density at radius 2 is 0.676 bits per heavy atom. The predicted octanol–water partition coefficient (Wildman–Crippen LogP) is 9.59. The molecule has 0 unspecified atom stereocenters. The zero-order valence-electron chi connectivity index (χ0n) is 59.9. The number of ether oxygens (including phenoxy) is 4. The molecule has 28 heteroatoms. The smallest absolute Gasteiger partial charge is 0.368 e. The van der Waals surface area contributed by atoms with Crippen molar-refractivity contribution >= 4 is 0 Å². The van der Waals surface area contributed by atoms with Gasteiger partial charge in [-0.2, -0.15) is 108 Å². The number of aryl methyl sites for hydroxylation is 14. The Morgan fingerprint density at radius 3 is 1.06 bits per heavy atom. The summed E-state index contributed by atoms with van der Waals surface area (Å²) in [6.45, 7) is 21.4. The van der Waals surface area contributed by atoms with Gasteiger partial charge in [-0.25, -0.2) is 19.2 Å². The van der Waals surface area contributed by atoms with Gasteiger partial charge < -0.3 is 18.9 Å². The van der Waals surface area contributed by atoms with Gasteiger partial charge in [0, 0.05) is 204 Å². The first-order valence-corrected chi connectivity index (χ1v) is 31.9. The number of hydrogen-bond donors (Lipinski definition) is 0. The molecule has 0 aliphatic heterocycles. The maximum Gasteiger partial charge on any atom is 0.368 e. The molecule has 518 valence electrons. The third-order valence-electron chi connectivity index (χ3n) is 16.5. The van der Waals surface area contributed by atoms with Gasteiger partial charge in [0.25, 0.3) is 0 Å². The average molecular weight is 1680 g/mol. The van der Waals surface area contributed by atoms with E-state index in [-0.39, 0.29) is 154 Å². The molecule has 102 heavy (non-hydrogen) atoms. The first kappa shape index (κ1) is 83.8. The summed E-state index contributed by atoms with van der Waals surface area (Å²) in [5.74, 6) is 3.81. The van der Waals surface area contributed by atoms with Crippen LogP contribution in [-0.2, 0) is 192 Å². The average Bonchev–Trinajstić information content (AvgIpc) is 1.60. The number of para-hydroxylation sites is 1. The summed E-state index contributed by atoms with van der Waals surface area (Å²) in [4.78, 5) is 48.8. The summed E-state index contributed by atoms with van der Waals surface area (Å²) in [5, 5.41) is 31.0. The zero-order valence-corrected chi connectivity index (χ0v) is 71.2. The van der Waals surface area contributed by atoms with Gasteiger partial charge >= 0.3 is 22.8 Å². The molecule has 1 aliphatic rings. The van der Waals surface area contributed by atoms with Gasteiger partial charge in [-0.15, -0.1) is 46.5 Å². The van der Waals surface area contributed by atoms with Crippen LogP contribution >= 0.6 is 0 Å². The Hall–Kier alpha value is -7.14. The van der Waals surface area contributed by atoms with Crippen molar-refractivity contribution in [3.8, 4) is 45.7 Å². The monoisotopic (exact) mass is 1670 g/mol. The van der Waals surface area contributed by atoms with Crippen LogP contribution in [-0.4, -0.2) is 79.2 Å². The molecule has 12 aromatic rings. The number of tetrazole rings is 4. The van der Waals surface area contributed by atoms with Gasteiger partial charge in [-0.3, -0.25) is 0 Å². The fourth-order valence-corrected chi connectivity index (χ4v) is 10.6. The molecule has 4 radical (unpaired) electrons. The standard InChI is InChI=1S/C20H21N4O2.C19H21N4O2.C18H19N4O2.C17H17N4O2.4Y/c1-13-7-8-14(2)19(11-13)26-12-17-16(15-9-10-15)5-4-6-18(17)24-20(25)23(3)21-22-24;1-5-15-7-6-8-17(23-19(24)22(4)20-21-23)16(15)12-25-18-11-13(2)9-10-14(18)3;1-12-8-9-14(3)17(10-12)24-11-15-13(2)6-5-7-16(15)22-18(23)21(4)19-20-22;1-12-8-9-13(2)16(10-12)23-11-14-6-4-5-7-15(14)21-17(22)20(3)18-19-21;;;;/h4-6,8,11,15H,9-10,12H2,1-3H3;6-8,10-11H,5,12H2,1-4H3;5-7,9-10H,11H2,1-4H3;4-7,9-10H,11H2,1-3H3;;;;/q4*-1;;;;. The summed E-state index contributed by atoms with van der Waals surface area (Å²) in [5.41, 5.74) is 17.0. The summed E-state index contributed by atoms with van der Waals surface area (Å²) in [6.07, 6.45) is 3.18. The molecule has 0 amide bonds. The molecule has 13 rings (SSSR count). The SMILES string of the molecule is CCc1cccc(-n2nnn(C)c2=O)c1COc1cc(C)[c-]cc1C.Cc1[c-]cc(C)c(OCc2c(C)cccc2-n2nnn(C)c2=O)c1.Cc1[c-]cc(C)c(OCc2c(C3CC3)cccc2-n2nnn(C)c2=O)c1.Cc1[c-]cc(C)c(OCc2ccccc2-n2nnn(C)c2=O)c1.[Y].[Y].[Y].[Y]. The van der Waals surface area contributed by atoms with E-state index in [2.05, 4.69) is 79.0 Å². The van der Waals surface area contributed by atoms with Crippen LogP contribution in [0.1, 0.15) is 109 Å². The summed E-state index contributed by atoms with van der Waals surface area (Å²) in [6, 6.07) is 53.2. The molecule has 4 aromatic heterocycles. The molecule has 8 aromatic carbocycles. The fourth-order valence-electron chi connectivity index (χ4n) is 10.6. The molecule has 1 saturated carbocycles. The maximum atomic E-state index is 12.3. The van der Waals surface area contributed by atoms with E-state index in [1.807, 2.05) is 184 Å². The third-order valence-corrected chi connectivity index (χ3v) is 16.5. The van der Waals surface area contributed by atoms with Crippen LogP contribution in [0, 0.1) is 86.6 Å². The van der Waals surface area contributed by atoms with Crippen molar-refractivity contribution < 1.29 is 150 Å². The van der Waals surface area contributed by atoms with Crippen LogP contribution in [0.4, 0.5) is 0 Å². The van der Waals surface area contributed by atoms with Crippen molar-refractivity contribution in [2.45, 2.75) is 121 Å². The number of benzene rings is 8. The first-order valence-electron chi connectivity index (χ1n) is 31.9. The van der Waals surface area contributed by atoms with Crippen LogP contribution in [0.5, 0.6) is 23.0 Å². The number of rotatable bonds is 18. The molecule has 0 N–H and O–H groups in total. The Labute approximate surface area is 693 Å². The molecule has 1 aliphatic carbocycles. The first-order chi connectivity index (χ1) is 47.1. The van der Waals surface area contributed by atoms with E-state index in [4.69, 9.17) is 18.9 Å². The van der Waals surface area contributed by atoms with Crippen LogP contribution in [0.2, 0.25) is 0 Å². The van der Waals surface area contributed by atoms with E-state index in [0.29, 0.717) is 49.4 Å². The van der Waals surface area contributed by atoms with E-state index >= 15 is 0 Å². The van der Waals surface area contributed by atoms with Crippen molar-refractivity contribution in [1.29, 1.82) is 0 Å². The maximum absolute atomic E-state index is 12.3. The summed E-state index contributed by atoms with van der Waals surface area (Å²) in [7, 11) is 6.32. The van der Waals surface area contributed by atoms with Crippen LogP contribution in [0.15, 0.2) is 147 Å². The number of nitrogens with zero attached hydrogens (tertiary/aromatic N) is 16. The number of aromatic nitrogens is 16. The number of hydrogen-bond acceptors (Lipinski definition) is 16. The second kappa shape index (κ2) is 38.6. The molecular formula is C74H78N16O8Y4-4. The molecule has 0 bridgehead atoms. The van der Waals surface area contributed by atoms with Gasteiger partial charge in [-0.1, -0.05) is 117 Å². The fraction of sp³-hybridized carbons (Fsp3) is 0.297. The second-order valence-corrected chi connectivity index (χ2v) is 24.1. The van der Waals surface area contributed by atoms with Crippen LogP contribution in [0.3, 0.4) is 0 Å². The van der Waals surface area contributed by atoms with Crippen molar-refractivity contribution in [1.82, 2.24) is 79.2 Å². The van der Waals surface area contributed by atoms with Gasteiger partial charge in [0.1, 0.15) is 26.4 Å². The largest absolute Gasteiger partial charge is 0.514 e. The Bertz CT molecular complexity index is 5090. The Kier molecular flexibility index (Phi) is 31.7. The van der Waals surface area contributed by atoms with Crippen molar-refractivity contribution in [2.75, 3.05) is 0 Å². The van der Waals surface area contributed by atoms with Crippen molar-refractivity contribution in [3.05, 3.63) is 277 Å². The second-order valence-electron chi connectivity index (χ2n) is 24.1. The van der Waals surface area contributed by atoms with E-state index in [9.17, 15) is 19.2 Å². The van der Waals surface area contributed by atoms with E-state index in [1.165, 1.54) is 55.9 Å². The summed E-state index contributed by atoms with van der Waals surface area (Å²) >= 11 is 0. The minimum Gasteiger partial charge on any atom is -0.514 e. The van der Waals surface area contributed by atoms with E-state index in [0.717, 1.165) is 113 Å². The molecule has 24 nitrogen and oxygen atoms in total. The third kappa shape index (κ3) is 20.6. The molecule has 0 atom stereocenters. The van der Waals surface area contributed by atoms with Gasteiger partial charge in [0.05, 0.1) is 22.7 Å². The quantitative estimate of drug-likeness (QED) is 0.0725. The van der Waals surface area contributed by atoms with Gasteiger partial charge in [0.2, 0.25) is 0 Å². The Balaban J connectivity index is 0.000000211. The molecule has 1 fully saturated rings. The van der Waals surface area contributed by atoms with E-state index in [1.54, 1.807) is 28.2 Å². The molecular weight excluding hydrogens is 1600 g/mol. The predicted molar refractivity (Wildman–Crippen MR) is 369 cm³/mol. The Morgan fingerprint density at radius 1 is 0.363 bits per heavy atom. The van der Waals surface area contributed by atoms with E-state index < -0.39 is 0 Å². The molecule has 4 heterocycles. The normalized spacial score (nSPS) is 11.2. The van der Waals surface area contributed by atoms with Crippen molar-refractivity contribution in [3.63, 3.8) is 0 Å². The molecule has 0 spiro atoms. The van der Waals surface area contributed by atoms with Gasteiger partial charge in [-0.05, 0) is 115 Å².